The van der Waals surface area contributed by atoms with Gasteiger partial charge in [-0.1, -0.05) is 49.4 Å². The Morgan fingerprint density at radius 2 is 1.73 bits per heavy atom. The molecular formula is C25H26FNO3. The van der Waals surface area contributed by atoms with Gasteiger partial charge in [0.2, 0.25) is 5.91 Å². The van der Waals surface area contributed by atoms with Crippen LogP contribution in [0.15, 0.2) is 60.7 Å². The maximum absolute atomic E-state index is 14.7. The van der Waals surface area contributed by atoms with Crippen molar-refractivity contribution in [2.24, 2.45) is 0 Å². The maximum atomic E-state index is 14.7. The summed E-state index contributed by atoms with van der Waals surface area (Å²) >= 11 is 0. The summed E-state index contributed by atoms with van der Waals surface area (Å²) < 4.78 is 26.1. The number of carbonyl (C=O) groups excluding carboxylic acids is 1. The number of hydrogen-bond donors (Lipinski definition) is 1. The van der Waals surface area contributed by atoms with Gasteiger partial charge in [0, 0.05) is 35.2 Å². The van der Waals surface area contributed by atoms with Crippen molar-refractivity contribution in [2.75, 3.05) is 25.1 Å². The van der Waals surface area contributed by atoms with E-state index in [-0.39, 0.29) is 11.7 Å². The first-order valence-electron chi connectivity index (χ1n) is 10.4. The molecule has 30 heavy (non-hydrogen) atoms. The highest BCUT2D eigenvalue weighted by Gasteiger charge is 2.43. The zero-order chi connectivity index (χ0) is 21.0. The Morgan fingerprint density at radius 1 is 1.03 bits per heavy atom. The van der Waals surface area contributed by atoms with E-state index in [4.69, 9.17) is 9.47 Å². The van der Waals surface area contributed by atoms with E-state index in [0.29, 0.717) is 43.9 Å². The van der Waals surface area contributed by atoms with Crippen LogP contribution in [0.4, 0.5) is 10.1 Å². The van der Waals surface area contributed by atoms with E-state index in [9.17, 15) is 9.18 Å². The van der Waals surface area contributed by atoms with Gasteiger partial charge in [-0.15, -0.1) is 0 Å². The lowest BCUT2D eigenvalue weighted by atomic mass is 9.73. The molecule has 0 spiro atoms. The summed E-state index contributed by atoms with van der Waals surface area (Å²) in [6.45, 7) is 3.54. The number of rotatable bonds is 6. The number of fused-ring (bicyclic) bond motifs is 1. The predicted molar refractivity (Wildman–Crippen MR) is 116 cm³/mol. The summed E-state index contributed by atoms with van der Waals surface area (Å²) in [4.78, 5) is 13.6. The fraction of sp³-hybridized carbons (Fsp3) is 0.320. The zero-order valence-electron chi connectivity index (χ0n) is 17.1. The largest absolute Gasteiger partial charge is 0.493 e. The number of halogens is 1. The van der Waals surface area contributed by atoms with E-state index in [2.05, 4.69) is 12.2 Å². The van der Waals surface area contributed by atoms with Gasteiger partial charge >= 0.3 is 0 Å². The maximum Gasteiger partial charge on any atom is 0.235 e. The molecule has 0 saturated carbocycles. The quantitative estimate of drug-likeness (QED) is 0.591. The molecule has 156 valence electrons. The molecule has 1 fully saturated rings. The standard InChI is InChI=1S/C25H26FNO3/c1-2-15-30-23-12-11-22(18-7-3-4-8-19(18)23)27-24(28)25(13-16-29-17-14-25)20-9-5-6-10-21(20)26/h3-12H,2,13-17H2,1H3,(H,27,28). The number of amides is 1. The molecule has 1 amide bonds. The highest BCUT2D eigenvalue weighted by atomic mass is 19.1. The summed E-state index contributed by atoms with van der Waals surface area (Å²) in [7, 11) is 0. The smallest absolute Gasteiger partial charge is 0.235 e. The SMILES string of the molecule is CCCOc1ccc(NC(=O)C2(c3ccccc3F)CCOCC2)c2ccccc12. The Hall–Kier alpha value is -2.92. The molecule has 0 bridgehead atoms. The van der Waals surface area contributed by atoms with Crippen molar-refractivity contribution in [3.63, 3.8) is 0 Å². The number of anilines is 1. The van der Waals surface area contributed by atoms with Gasteiger partial charge in [0.15, 0.2) is 0 Å². The van der Waals surface area contributed by atoms with E-state index in [1.165, 1.54) is 6.07 Å². The van der Waals surface area contributed by atoms with Crippen molar-refractivity contribution >= 4 is 22.4 Å². The number of carbonyl (C=O) groups is 1. The summed E-state index contributed by atoms with van der Waals surface area (Å²) in [5, 5.41) is 4.93. The summed E-state index contributed by atoms with van der Waals surface area (Å²) in [5.41, 5.74) is 0.168. The van der Waals surface area contributed by atoms with Crippen LogP contribution in [0.25, 0.3) is 10.8 Å². The third kappa shape index (κ3) is 3.77. The second-order valence-electron chi connectivity index (χ2n) is 7.63. The van der Waals surface area contributed by atoms with Crippen LogP contribution >= 0.6 is 0 Å². The molecule has 3 aromatic carbocycles. The Bertz CT molecular complexity index is 1040. The lowest BCUT2D eigenvalue weighted by Crippen LogP contribution is -2.45. The predicted octanol–water partition coefficient (Wildman–Crippen LogP) is 5.45. The Kier molecular flexibility index (Phi) is 6.00. The molecule has 1 heterocycles. The van der Waals surface area contributed by atoms with Gasteiger partial charge in [-0.3, -0.25) is 4.79 Å². The van der Waals surface area contributed by atoms with Crippen molar-refractivity contribution in [3.8, 4) is 5.75 Å². The molecule has 0 atom stereocenters. The first-order chi connectivity index (χ1) is 14.7. The number of benzene rings is 3. The molecule has 0 aliphatic carbocycles. The van der Waals surface area contributed by atoms with Crippen molar-refractivity contribution in [1.29, 1.82) is 0 Å². The first kappa shape index (κ1) is 20.4. The lowest BCUT2D eigenvalue weighted by Gasteiger charge is -2.36. The molecule has 1 saturated heterocycles. The summed E-state index contributed by atoms with van der Waals surface area (Å²) in [6.07, 6.45) is 1.80. The Labute approximate surface area is 176 Å². The molecule has 0 aromatic heterocycles. The highest BCUT2D eigenvalue weighted by molar-refractivity contribution is 6.07. The molecule has 5 heteroatoms. The number of ether oxygens (including phenoxy) is 2. The van der Waals surface area contributed by atoms with Crippen LogP contribution in [0, 0.1) is 5.82 Å². The van der Waals surface area contributed by atoms with Crippen LogP contribution in [-0.2, 0) is 14.9 Å². The normalized spacial score (nSPS) is 15.7. The lowest BCUT2D eigenvalue weighted by molar-refractivity contribution is -0.125. The van der Waals surface area contributed by atoms with Crippen LogP contribution in [0.2, 0.25) is 0 Å². The average Bonchev–Trinajstić information content (AvgIpc) is 2.79. The minimum Gasteiger partial charge on any atom is -0.493 e. The fourth-order valence-electron chi connectivity index (χ4n) is 4.15. The highest BCUT2D eigenvalue weighted by Crippen LogP contribution is 2.39. The summed E-state index contributed by atoms with van der Waals surface area (Å²) in [6, 6.07) is 18.1. The van der Waals surface area contributed by atoms with Crippen LogP contribution in [0.3, 0.4) is 0 Å². The van der Waals surface area contributed by atoms with Gasteiger partial charge in [-0.05, 0) is 37.5 Å². The Morgan fingerprint density at radius 3 is 2.47 bits per heavy atom. The minimum absolute atomic E-state index is 0.205. The van der Waals surface area contributed by atoms with Crippen molar-refractivity contribution in [1.82, 2.24) is 0 Å². The molecule has 1 aliphatic heterocycles. The van der Waals surface area contributed by atoms with Gasteiger partial charge in [0.1, 0.15) is 11.6 Å². The van der Waals surface area contributed by atoms with Crippen molar-refractivity contribution < 1.29 is 18.7 Å². The topological polar surface area (TPSA) is 47.6 Å². The average molecular weight is 407 g/mol. The monoisotopic (exact) mass is 407 g/mol. The van der Waals surface area contributed by atoms with E-state index >= 15 is 0 Å². The molecular weight excluding hydrogens is 381 g/mol. The van der Waals surface area contributed by atoms with Crippen LogP contribution in [-0.4, -0.2) is 25.7 Å². The molecule has 1 N–H and O–H groups in total. The molecule has 4 rings (SSSR count). The van der Waals surface area contributed by atoms with Gasteiger partial charge in [-0.2, -0.15) is 0 Å². The van der Waals surface area contributed by atoms with Gasteiger partial charge in [0.25, 0.3) is 0 Å². The minimum atomic E-state index is -0.956. The van der Waals surface area contributed by atoms with Gasteiger partial charge in [0.05, 0.1) is 12.0 Å². The fourth-order valence-corrected chi connectivity index (χ4v) is 4.15. The molecule has 4 nitrogen and oxygen atoms in total. The van der Waals surface area contributed by atoms with E-state index < -0.39 is 5.41 Å². The second kappa shape index (κ2) is 8.84. The molecule has 0 radical (unpaired) electrons. The Balaban J connectivity index is 1.72. The van der Waals surface area contributed by atoms with Crippen molar-refractivity contribution in [2.45, 2.75) is 31.6 Å². The molecule has 0 unspecified atom stereocenters. The van der Waals surface area contributed by atoms with Crippen LogP contribution in [0.5, 0.6) is 5.75 Å². The van der Waals surface area contributed by atoms with Gasteiger partial charge in [-0.25, -0.2) is 4.39 Å². The number of nitrogens with one attached hydrogen (secondary N) is 1. The van der Waals surface area contributed by atoms with E-state index in [0.717, 1.165) is 22.9 Å². The van der Waals surface area contributed by atoms with Crippen molar-refractivity contribution in [3.05, 3.63) is 72.0 Å². The van der Waals surface area contributed by atoms with E-state index in [1.54, 1.807) is 18.2 Å². The third-order valence-electron chi connectivity index (χ3n) is 5.76. The third-order valence-corrected chi connectivity index (χ3v) is 5.76. The van der Waals surface area contributed by atoms with Crippen LogP contribution < -0.4 is 10.1 Å². The number of hydrogen-bond acceptors (Lipinski definition) is 3. The zero-order valence-corrected chi connectivity index (χ0v) is 17.1. The summed E-state index contributed by atoms with van der Waals surface area (Å²) in [5.74, 6) is 0.228. The molecule has 3 aromatic rings. The molecule has 1 aliphatic rings. The van der Waals surface area contributed by atoms with Gasteiger partial charge < -0.3 is 14.8 Å². The van der Waals surface area contributed by atoms with Crippen LogP contribution in [0.1, 0.15) is 31.7 Å². The second-order valence-corrected chi connectivity index (χ2v) is 7.63. The first-order valence-corrected chi connectivity index (χ1v) is 10.4. The van der Waals surface area contributed by atoms with E-state index in [1.807, 2.05) is 36.4 Å².